The van der Waals surface area contributed by atoms with E-state index in [0.29, 0.717) is 0 Å². The Kier molecular flexibility index (Phi) is 3.21. The molecule has 2 N–H and O–H groups in total. The Morgan fingerprint density at radius 3 is 2.24 bits per heavy atom. The molecule has 0 atom stereocenters. The summed E-state index contributed by atoms with van der Waals surface area (Å²) >= 11 is 0. The summed E-state index contributed by atoms with van der Waals surface area (Å²) < 4.78 is 61.9. The van der Waals surface area contributed by atoms with E-state index in [1.807, 2.05) is 0 Å². The maximum atomic E-state index is 12.4. The molecule has 0 aromatic carbocycles. The van der Waals surface area contributed by atoms with E-state index in [1.54, 1.807) is 0 Å². The highest BCUT2D eigenvalue weighted by molar-refractivity contribution is 5.89. The van der Waals surface area contributed by atoms with Crippen LogP contribution in [-0.2, 0) is 6.18 Å². The summed E-state index contributed by atoms with van der Waals surface area (Å²) in [5.74, 6) is -2.15. The number of H-pyrrole nitrogens is 1. The number of pyridine rings is 1. The third-order valence-electron chi connectivity index (χ3n) is 1.87. The third kappa shape index (κ3) is 2.43. The summed E-state index contributed by atoms with van der Waals surface area (Å²) in [5, 5.41) is 8.46. The summed E-state index contributed by atoms with van der Waals surface area (Å²) in [6.45, 7) is 0. The predicted molar refractivity (Wildman–Crippen MR) is 44.0 cm³/mol. The van der Waals surface area contributed by atoms with Gasteiger partial charge in [-0.3, -0.25) is 4.79 Å². The number of aromatic amines is 1. The van der Waals surface area contributed by atoms with Crippen LogP contribution in [0.15, 0.2) is 11.0 Å². The summed E-state index contributed by atoms with van der Waals surface area (Å²) in [6.07, 6.45) is -8.88. The van der Waals surface area contributed by atoms with Crippen LogP contribution in [0.25, 0.3) is 0 Å². The van der Waals surface area contributed by atoms with Gasteiger partial charge in [0, 0.05) is 6.20 Å². The van der Waals surface area contributed by atoms with E-state index in [2.05, 4.69) is 0 Å². The van der Waals surface area contributed by atoms with E-state index in [1.165, 1.54) is 4.98 Å². The third-order valence-corrected chi connectivity index (χ3v) is 1.87. The van der Waals surface area contributed by atoms with Crippen molar-refractivity contribution in [1.82, 2.24) is 4.98 Å². The van der Waals surface area contributed by atoms with Gasteiger partial charge in [0.15, 0.2) is 0 Å². The van der Waals surface area contributed by atoms with Gasteiger partial charge in [-0.05, 0) is 0 Å². The van der Waals surface area contributed by atoms with Gasteiger partial charge < -0.3 is 10.1 Å². The molecule has 1 aromatic heterocycles. The monoisotopic (exact) mass is 257 g/mol. The standard InChI is InChI=1S/C8H4F5NO3/c9-5(10)3-2(8(11,12)13)1-14-6(15)4(3)7(16)17/h1,5H,(H,14,15)(H,16,17). The van der Waals surface area contributed by atoms with E-state index in [9.17, 15) is 31.5 Å². The fourth-order valence-electron chi connectivity index (χ4n) is 1.22. The van der Waals surface area contributed by atoms with Crippen molar-refractivity contribution in [2.24, 2.45) is 0 Å². The van der Waals surface area contributed by atoms with Crippen LogP contribution < -0.4 is 5.56 Å². The fourth-order valence-corrected chi connectivity index (χ4v) is 1.22. The van der Waals surface area contributed by atoms with Crippen molar-refractivity contribution in [1.29, 1.82) is 0 Å². The zero-order chi connectivity index (χ0) is 13.4. The lowest BCUT2D eigenvalue weighted by molar-refractivity contribution is -0.139. The van der Waals surface area contributed by atoms with E-state index in [-0.39, 0.29) is 6.20 Å². The predicted octanol–water partition coefficient (Wildman–Crippen LogP) is 2.03. The second-order valence-electron chi connectivity index (χ2n) is 2.92. The minimum atomic E-state index is -5.18. The minimum Gasteiger partial charge on any atom is -0.477 e. The number of nitrogens with one attached hydrogen (secondary N) is 1. The van der Waals surface area contributed by atoms with Crippen LogP contribution in [0.5, 0.6) is 0 Å². The van der Waals surface area contributed by atoms with Gasteiger partial charge in [-0.2, -0.15) is 13.2 Å². The number of aromatic nitrogens is 1. The van der Waals surface area contributed by atoms with Crippen LogP contribution in [0, 0.1) is 0 Å². The van der Waals surface area contributed by atoms with Gasteiger partial charge in [-0.1, -0.05) is 0 Å². The quantitative estimate of drug-likeness (QED) is 0.796. The Bertz CT molecular complexity index is 505. The number of hydrogen-bond donors (Lipinski definition) is 2. The topological polar surface area (TPSA) is 70.2 Å². The molecular weight excluding hydrogens is 253 g/mol. The second-order valence-corrected chi connectivity index (χ2v) is 2.92. The number of alkyl halides is 5. The Morgan fingerprint density at radius 2 is 1.88 bits per heavy atom. The molecule has 1 heterocycles. The number of rotatable bonds is 2. The SMILES string of the molecule is O=C(O)c1c(C(F)F)c(C(F)(F)F)c[nH]c1=O. The van der Waals surface area contributed by atoms with Crippen LogP contribution in [-0.4, -0.2) is 16.1 Å². The van der Waals surface area contributed by atoms with Crippen molar-refractivity contribution in [3.05, 3.63) is 33.2 Å². The van der Waals surface area contributed by atoms with E-state index < -0.39 is 40.8 Å². The number of halogens is 5. The van der Waals surface area contributed by atoms with Crippen molar-refractivity contribution in [2.45, 2.75) is 12.6 Å². The lowest BCUT2D eigenvalue weighted by atomic mass is 10.0. The molecule has 4 nitrogen and oxygen atoms in total. The Morgan fingerprint density at radius 1 is 1.35 bits per heavy atom. The number of aromatic carboxylic acids is 1. The first-order chi connectivity index (χ1) is 7.66. The van der Waals surface area contributed by atoms with Gasteiger partial charge in [-0.25, -0.2) is 13.6 Å². The fraction of sp³-hybridized carbons (Fsp3) is 0.250. The van der Waals surface area contributed by atoms with Gasteiger partial charge in [0.05, 0.1) is 11.1 Å². The highest BCUT2D eigenvalue weighted by Crippen LogP contribution is 2.36. The largest absolute Gasteiger partial charge is 0.477 e. The maximum absolute atomic E-state index is 12.4. The number of carboxylic acids is 1. The maximum Gasteiger partial charge on any atom is 0.418 e. The van der Waals surface area contributed by atoms with Crippen molar-refractivity contribution in [3.63, 3.8) is 0 Å². The van der Waals surface area contributed by atoms with Crippen molar-refractivity contribution in [3.8, 4) is 0 Å². The molecule has 0 radical (unpaired) electrons. The minimum absolute atomic E-state index is 0.0241. The molecule has 0 aliphatic carbocycles. The summed E-state index contributed by atoms with van der Waals surface area (Å²) in [6, 6.07) is 0. The van der Waals surface area contributed by atoms with Crippen molar-refractivity contribution < 1.29 is 31.9 Å². The van der Waals surface area contributed by atoms with Crippen LogP contribution in [0.2, 0.25) is 0 Å². The molecule has 17 heavy (non-hydrogen) atoms. The summed E-state index contributed by atoms with van der Waals surface area (Å²) in [5.41, 5.74) is -6.81. The molecule has 0 spiro atoms. The average molecular weight is 257 g/mol. The molecule has 9 heteroatoms. The summed E-state index contributed by atoms with van der Waals surface area (Å²) in [4.78, 5) is 22.9. The van der Waals surface area contributed by atoms with Gasteiger partial charge in [0.25, 0.3) is 12.0 Å². The molecule has 0 amide bonds. The number of carboxylic acid groups (broad SMARTS) is 1. The summed E-state index contributed by atoms with van der Waals surface area (Å²) in [7, 11) is 0. The lowest BCUT2D eigenvalue weighted by Gasteiger charge is -2.13. The van der Waals surface area contributed by atoms with Gasteiger partial charge in [0.2, 0.25) is 0 Å². The molecule has 0 saturated carbocycles. The Balaban J connectivity index is 3.72. The Hall–Kier alpha value is -1.93. The molecule has 0 saturated heterocycles. The smallest absolute Gasteiger partial charge is 0.418 e. The highest BCUT2D eigenvalue weighted by atomic mass is 19.4. The van der Waals surface area contributed by atoms with Crippen molar-refractivity contribution >= 4 is 5.97 Å². The van der Waals surface area contributed by atoms with Crippen LogP contribution in [0.1, 0.15) is 27.9 Å². The first kappa shape index (κ1) is 13.1. The molecule has 0 fully saturated rings. The van der Waals surface area contributed by atoms with Crippen molar-refractivity contribution in [2.75, 3.05) is 0 Å². The zero-order valence-electron chi connectivity index (χ0n) is 7.81. The van der Waals surface area contributed by atoms with Gasteiger partial charge in [-0.15, -0.1) is 0 Å². The van der Waals surface area contributed by atoms with Crippen LogP contribution in [0.4, 0.5) is 22.0 Å². The molecule has 0 unspecified atom stereocenters. The number of carbonyl (C=O) groups is 1. The second kappa shape index (κ2) is 4.15. The first-order valence-corrected chi connectivity index (χ1v) is 4.00. The van der Waals surface area contributed by atoms with Crippen LogP contribution >= 0.6 is 0 Å². The first-order valence-electron chi connectivity index (χ1n) is 4.00. The van der Waals surface area contributed by atoms with Gasteiger partial charge in [0.1, 0.15) is 5.56 Å². The molecular formula is C8H4F5NO3. The van der Waals surface area contributed by atoms with Crippen LogP contribution in [0.3, 0.4) is 0 Å². The van der Waals surface area contributed by atoms with Gasteiger partial charge >= 0.3 is 12.1 Å². The molecule has 0 bridgehead atoms. The molecule has 0 aliphatic rings. The normalized spacial score (nSPS) is 11.9. The Labute approximate surface area is 89.7 Å². The zero-order valence-corrected chi connectivity index (χ0v) is 7.81. The molecule has 1 aromatic rings. The molecule has 1 rings (SSSR count). The van der Waals surface area contributed by atoms with E-state index in [0.717, 1.165) is 0 Å². The molecule has 0 aliphatic heterocycles. The number of hydrogen-bond acceptors (Lipinski definition) is 2. The van der Waals surface area contributed by atoms with E-state index >= 15 is 0 Å². The molecule has 94 valence electrons. The van der Waals surface area contributed by atoms with E-state index in [4.69, 9.17) is 5.11 Å². The lowest BCUT2D eigenvalue weighted by Crippen LogP contribution is -2.25. The highest BCUT2D eigenvalue weighted by Gasteiger charge is 2.39. The average Bonchev–Trinajstić information content (AvgIpc) is 2.14.